The lowest BCUT2D eigenvalue weighted by Gasteiger charge is -2.31. The van der Waals surface area contributed by atoms with Crippen LogP contribution in [0.5, 0.6) is 0 Å². The standard InChI is InChI=1S/C19H14F8N2O2/c20-13-11(14(21)16(23)17(24)15(13)22)8-31-18(30)9-3-5-29(6-4-9)12-2-1-10(7-28-12)19(25,26)27/h1-2,7,9H,3-6,8H2. The quantitative estimate of drug-likeness (QED) is 0.289. The lowest BCUT2D eigenvalue weighted by atomic mass is 9.97. The van der Waals surface area contributed by atoms with E-state index >= 15 is 0 Å². The Kier molecular flexibility index (Phi) is 6.37. The van der Waals surface area contributed by atoms with E-state index < -0.39 is 64.9 Å². The van der Waals surface area contributed by atoms with E-state index in [1.807, 2.05) is 0 Å². The number of pyridine rings is 1. The first-order valence-electron chi connectivity index (χ1n) is 8.95. The number of hydrogen-bond donors (Lipinski definition) is 0. The molecule has 0 spiro atoms. The number of anilines is 1. The summed E-state index contributed by atoms with van der Waals surface area (Å²) in [6.07, 6.45) is -3.44. The topological polar surface area (TPSA) is 42.4 Å². The van der Waals surface area contributed by atoms with Gasteiger partial charge >= 0.3 is 12.1 Å². The number of ether oxygens (including phenoxy) is 1. The first-order valence-corrected chi connectivity index (χ1v) is 8.95. The van der Waals surface area contributed by atoms with Gasteiger partial charge in [0.25, 0.3) is 0 Å². The van der Waals surface area contributed by atoms with Gasteiger partial charge in [-0.05, 0) is 25.0 Å². The Bertz CT molecular complexity index is 941. The van der Waals surface area contributed by atoms with Crippen molar-refractivity contribution in [3.63, 3.8) is 0 Å². The number of benzene rings is 1. The zero-order chi connectivity index (χ0) is 22.9. The molecule has 2 heterocycles. The summed E-state index contributed by atoms with van der Waals surface area (Å²) in [7, 11) is 0. The molecule has 0 radical (unpaired) electrons. The van der Waals surface area contributed by atoms with Crippen LogP contribution in [0, 0.1) is 35.0 Å². The van der Waals surface area contributed by atoms with Gasteiger partial charge in [0.2, 0.25) is 5.82 Å². The second kappa shape index (κ2) is 8.67. The van der Waals surface area contributed by atoms with Crippen molar-refractivity contribution in [2.75, 3.05) is 18.0 Å². The average Bonchev–Trinajstić information content (AvgIpc) is 2.76. The number of aromatic nitrogens is 1. The van der Waals surface area contributed by atoms with Crippen molar-refractivity contribution in [1.29, 1.82) is 0 Å². The van der Waals surface area contributed by atoms with Crippen molar-refractivity contribution in [3.05, 3.63) is 58.5 Å². The second-order valence-corrected chi connectivity index (χ2v) is 6.82. The molecule has 0 atom stereocenters. The summed E-state index contributed by atoms with van der Waals surface area (Å²) in [4.78, 5) is 17.6. The number of alkyl halides is 3. The van der Waals surface area contributed by atoms with Gasteiger partial charge < -0.3 is 9.64 Å². The maximum absolute atomic E-state index is 13.6. The monoisotopic (exact) mass is 454 g/mol. The molecule has 0 bridgehead atoms. The molecule has 168 valence electrons. The number of halogens is 8. The summed E-state index contributed by atoms with van der Waals surface area (Å²) < 4.78 is 109. The highest BCUT2D eigenvalue weighted by Crippen LogP contribution is 2.30. The molecule has 1 aliphatic rings. The van der Waals surface area contributed by atoms with Crippen molar-refractivity contribution in [3.8, 4) is 0 Å². The number of hydrogen-bond acceptors (Lipinski definition) is 4. The fraction of sp³-hybridized carbons (Fsp3) is 0.368. The minimum absolute atomic E-state index is 0.193. The minimum atomic E-state index is -4.52. The van der Waals surface area contributed by atoms with Crippen LogP contribution < -0.4 is 4.90 Å². The number of carbonyl (C=O) groups is 1. The molecular weight excluding hydrogens is 440 g/mol. The predicted molar refractivity (Wildman–Crippen MR) is 90.2 cm³/mol. The van der Waals surface area contributed by atoms with Crippen LogP contribution in [0.15, 0.2) is 18.3 Å². The van der Waals surface area contributed by atoms with Gasteiger partial charge in [0.1, 0.15) is 12.4 Å². The third-order valence-corrected chi connectivity index (χ3v) is 4.89. The van der Waals surface area contributed by atoms with Gasteiger partial charge in [-0.25, -0.2) is 26.9 Å². The zero-order valence-corrected chi connectivity index (χ0v) is 15.6. The van der Waals surface area contributed by atoms with Crippen LogP contribution in [0.1, 0.15) is 24.0 Å². The zero-order valence-electron chi connectivity index (χ0n) is 15.6. The van der Waals surface area contributed by atoms with Gasteiger partial charge in [-0.2, -0.15) is 13.2 Å². The van der Waals surface area contributed by atoms with Crippen LogP contribution in [0.2, 0.25) is 0 Å². The molecule has 0 N–H and O–H groups in total. The summed E-state index contributed by atoms with van der Waals surface area (Å²) in [5.41, 5.74) is -2.15. The van der Waals surface area contributed by atoms with Crippen LogP contribution in [-0.4, -0.2) is 24.0 Å². The average molecular weight is 454 g/mol. The van der Waals surface area contributed by atoms with Crippen LogP contribution >= 0.6 is 0 Å². The normalized spacial score (nSPS) is 15.3. The molecule has 0 saturated carbocycles. The van der Waals surface area contributed by atoms with Crippen molar-refractivity contribution >= 4 is 11.8 Å². The van der Waals surface area contributed by atoms with E-state index in [0.29, 0.717) is 6.20 Å². The molecular formula is C19H14F8N2O2. The van der Waals surface area contributed by atoms with Gasteiger partial charge in [-0.1, -0.05) is 0 Å². The lowest BCUT2D eigenvalue weighted by molar-refractivity contribution is -0.150. The van der Waals surface area contributed by atoms with Crippen LogP contribution in [-0.2, 0) is 22.3 Å². The van der Waals surface area contributed by atoms with E-state index in [9.17, 15) is 39.9 Å². The number of esters is 1. The highest BCUT2D eigenvalue weighted by Gasteiger charge is 2.32. The lowest BCUT2D eigenvalue weighted by Crippen LogP contribution is -2.37. The molecule has 0 unspecified atom stereocenters. The van der Waals surface area contributed by atoms with Gasteiger partial charge in [-0.15, -0.1) is 0 Å². The van der Waals surface area contributed by atoms with E-state index in [1.54, 1.807) is 4.90 Å². The molecule has 1 fully saturated rings. The van der Waals surface area contributed by atoms with Crippen molar-refractivity contribution in [1.82, 2.24) is 4.98 Å². The number of piperidine rings is 1. The van der Waals surface area contributed by atoms with Gasteiger partial charge in [-0.3, -0.25) is 4.79 Å². The minimum Gasteiger partial charge on any atom is -0.460 e. The molecule has 1 saturated heterocycles. The van der Waals surface area contributed by atoms with Crippen LogP contribution in [0.3, 0.4) is 0 Å². The third kappa shape index (κ3) is 4.72. The molecule has 12 heteroatoms. The van der Waals surface area contributed by atoms with Crippen LogP contribution in [0.25, 0.3) is 0 Å². The third-order valence-electron chi connectivity index (χ3n) is 4.89. The fourth-order valence-electron chi connectivity index (χ4n) is 3.12. The maximum Gasteiger partial charge on any atom is 0.417 e. The molecule has 4 nitrogen and oxygen atoms in total. The Balaban J connectivity index is 1.58. The van der Waals surface area contributed by atoms with Crippen molar-refractivity contribution < 1.29 is 44.7 Å². The summed E-state index contributed by atoms with van der Waals surface area (Å²) >= 11 is 0. The molecule has 0 amide bonds. The molecule has 3 rings (SSSR count). The molecule has 1 aliphatic heterocycles. The Labute approximate surface area is 170 Å². The number of nitrogens with zero attached hydrogens (tertiary/aromatic N) is 2. The van der Waals surface area contributed by atoms with Gasteiger partial charge in [0.15, 0.2) is 23.3 Å². The second-order valence-electron chi connectivity index (χ2n) is 6.82. The summed E-state index contributed by atoms with van der Waals surface area (Å²) in [5.74, 6) is -12.1. The molecule has 0 aliphatic carbocycles. The van der Waals surface area contributed by atoms with E-state index in [-0.39, 0.29) is 31.7 Å². The SMILES string of the molecule is O=C(OCc1c(F)c(F)c(F)c(F)c1F)C1CCN(c2ccc(C(F)(F)F)cn2)CC1. The summed E-state index contributed by atoms with van der Waals surface area (Å²) in [6.45, 7) is -0.660. The Morgan fingerprint density at radius 1 is 0.968 bits per heavy atom. The number of carbonyl (C=O) groups excluding carboxylic acids is 1. The van der Waals surface area contributed by atoms with E-state index in [4.69, 9.17) is 4.74 Å². The summed E-state index contributed by atoms with van der Waals surface area (Å²) in [5, 5.41) is 0. The van der Waals surface area contributed by atoms with Crippen LogP contribution in [0.4, 0.5) is 40.9 Å². The van der Waals surface area contributed by atoms with Crippen molar-refractivity contribution in [2.45, 2.75) is 25.6 Å². The van der Waals surface area contributed by atoms with Gasteiger partial charge in [0.05, 0.1) is 17.0 Å². The summed E-state index contributed by atoms with van der Waals surface area (Å²) in [6, 6.07) is 2.08. The van der Waals surface area contributed by atoms with E-state index in [2.05, 4.69) is 4.98 Å². The first-order chi connectivity index (χ1) is 14.5. The largest absolute Gasteiger partial charge is 0.460 e. The van der Waals surface area contributed by atoms with E-state index in [0.717, 1.165) is 6.07 Å². The highest BCUT2D eigenvalue weighted by atomic mass is 19.4. The smallest absolute Gasteiger partial charge is 0.417 e. The maximum atomic E-state index is 13.6. The number of rotatable bonds is 4. The Hall–Kier alpha value is -2.92. The molecule has 2 aromatic rings. The first kappa shape index (κ1) is 22.8. The highest BCUT2D eigenvalue weighted by molar-refractivity contribution is 5.73. The fourth-order valence-corrected chi connectivity index (χ4v) is 3.12. The molecule has 31 heavy (non-hydrogen) atoms. The van der Waals surface area contributed by atoms with Gasteiger partial charge in [0, 0.05) is 19.3 Å². The molecule has 1 aromatic carbocycles. The Morgan fingerprint density at radius 2 is 1.52 bits per heavy atom. The molecule has 1 aromatic heterocycles. The van der Waals surface area contributed by atoms with E-state index in [1.165, 1.54) is 6.07 Å². The van der Waals surface area contributed by atoms with Crippen molar-refractivity contribution in [2.24, 2.45) is 5.92 Å². The predicted octanol–water partition coefficient (Wildman–Crippen LogP) is 4.76. The Morgan fingerprint density at radius 3 is 2.00 bits per heavy atom.